The maximum Gasteiger partial charge on any atom is 0.192 e. The molecule has 5 nitrogen and oxygen atoms in total. The highest BCUT2D eigenvalue weighted by Crippen LogP contribution is 2.35. The zero-order valence-corrected chi connectivity index (χ0v) is 11.5. The van der Waals surface area contributed by atoms with E-state index in [1.54, 1.807) is 0 Å². The van der Waals surface area contributed by atoms with Gasteiger partial charge in [-0.05, 0) is 12.5 Å². The molecule has 0 bridgehead atoms. The third-order valence-corrected chi connectivity index (χ3v) is 3.93. The summed E-state index contributed by atoms with van der Waals surface area (Å²) in [5, 5.41) is 0.603. The Morgan fingerprint density at radius 2 is 1.63 bits per heavy atom. The number of nitrogens with zero attached hydrogens (tertiary/aromatic N) is 2. The highest BCUT2D eigenvalue weighted by Gasteiger charge is 2.19. The molecule has 0 fully saturated rings. The van der Waals surface area contributed by atoms with Gasteiger partial charge in [-0.2, -0.15) is 0 Å². The summed E-state index contributed by atoms with van der Waals surface area (Å²) < 4.78 is 0. The molecule has 1 aromatic carbocycles. The van der Waals surface area contributed by atoms with Crippen LogP contribution >= 0.6 is 11.8 Å². The molecule has 2 atom stereocenters. The van der Waals surface area contributed by atoms with E-state index < -0.39 is 0 Å². The van der Waals surface area contributed by atoms with Gasteiger partial charge in [0.05, 0.1) is 5.25 Å². The maximum absolute atomic E-state index is 6.05. The third-order valence-electron chi connectivity index (χ3n) is 2.58. The van der Waals surface area contributed by atoms with E-state index in [9.17, 15) is 0 Å². The molecule has 0 aliphatic heterocycles. The Morgan fingerprint density at radius 3 is 2.16 bits per heavy atom. The van der Waals surface area contributed by atoms with Crippen LogP contribution in [0.5, 0.6) is 0 Å². The molecular weight excluding hydrogens is 258 g/mol. The molecule has 1 heterocycles. The lowest BCUT2D eigenvalue weighted by molar-refractivity contribution is 0.718. The average molecular weight is 275 g/mol. The number of hydrogen-bond acceptors (Lipinski definition) is 6. The molecular formula is C13H17N5S. The van der Waals surface area contributed by atoms with Crippen molar-refractivity contribution in [3.8, 4) is 0 Å². The summed E-state index contributed by atoms with van der Waals surface area (Å²) in [7, 11) is 0. The van der Waals surface area contributed by atoms with E-state index >= 15 is 0 Å². The number of hydrogen-bond donors (Lipinski definition) is 3. The predicted molar refractivity (Wildman–Crippen MR) is 79.5 cm³/mol. The average Bonchev–Trinajstić information content (AvgIpc) is 2.35. The van der Waals surface area contributed by atoms with Gasteiger partial charge < -0.3 is 17.2 Å². The van der Waals surface area contributed by atoms with Crippen LogP contribution in [0.3, 0.4) is 0 Å². The van der Waals surface area contributed by atoms with Gasteiger partial charge >= 0.3 is 0 Å². The summed E-state index contributed by atoms with van der Waals surface area (Å²) in [4.78, 5) is 8.35. The van der Waals surface area contributed by atoms with Crippen molar-refractivity contribution in [2.24, 2.45) is 5.73 Å². The van der Waals surface area contributed by atoms with Crippen molar-refractivity contribution in [1.29, 1.82) is 0 Å². The summed E-state index contributed by atoms with van der Waals surface area (Å²) in [6.45, 7) is 1.96. The molecule has 6 N–H and O–H groups in total. The lowest BCUT2D eigenvalue weighted by Crippen LogP contribution is -2.22. The standard InChI is InChI=1S/C13H17N5S/c1-8(14)12(9-5-3-2-4-6-9)19-13-17-10(15)7-11(16)18-13/h2-8,12H,14H2,1H3,(H4,15,16,17,18). The summed E-state index contributed by atoms with van der Waals surface area (Å²) >= 11 is 1.47. The Bertz CT molecular complexity index is 524. The second-order valence-corrected chi connectivity index (χ2v) is 5.42. The normalized spacial score (nSPS) is 14.0. The monoisotopic (exact) mass is 275 g/mol. The summed E-state index contributed by atoms with van der Waals surface area (Å²) in [5.41, 5.74) is 18.5. The van der Waals surface area contributed by atoms with Gasteiger partial charge in [-0.25, -0.2) is 9.97 Å². The minimum atomic E-state index is -0.0429. The van der Waals surface area contributed by atoms with E-state index in [0.717, 1.165) is 5.56 Å². The minimum absolute atomic E-state index is 0.0429. The molecule has 0 aliphatic rings. The van der Waals surface area contributed by atoms with Crippen LogP contribution in [0.1, 0.15) is 17.7 Å². The van der Waals surface area contributed by atoms with E-state index in [0.29, 0.717) is 16.8 Å². The smallest absolute Gasteiger partial charge is 0.192 e. The molecule has 19 heavy (non-hydrogen) atoms. The zero-order chi connectivity index (χ0) is 13.8. The van der Waals surface area contributed by atoms with Crippen LogP contribution in [0.25, 0.3) is 0 Å². The van der Waals surface area contributed by atoms with E-state index in [-0.39, 0.29) is 11.3 Å². The van der Waals surface area contributed by atoms with Crippen LogP contribution < -0.4 is 17.2 Å². The fraction of sp³-hybridized carbons (Fsp3) is 0.231. The van der Waals surface area contributed by atoms with Gasteiger partial charge in [0, 0.05) is 12.1 Å². The molecule has 0 aliphatic carbocycles. The second kappa shape index (κ2) is 5.90. The molecule has 0 saturated carbocycles. The highest BCUT2D eigenvalue weighted by molar-refractivity contribution is 7.99. The Hall–Kier alpha value is -1.79. The van der Waals surface area contributed by atoms with E-state index in [1.165, 1.54) is 17.8 Å². The van der Waals surface area contributed by atoms with Crippen molar-refractivity contribution in [2.75, 3.05) is 11.5 Å². The van der Waals surface area contributed by atoms with Crippen LogP contribution in [0.4, 0.5) is 11.6 Å². The van der Waals surface area contributed by atoms with Crippen molar-refractivity contribution in [2.45, 2.75) is 23.4 Å². The number of benzene rings is 1. The molecule has 2 rings (SSSR count). The first-order chi connectivity index (χ1) is 9.06. The van der Waals surface area contributed by atoms with Gasteiger partial charge in [0.15, 0.2) is 5.16 Å². The first kappa shape index (κ1) is 13.6. The van der Waals surface area contributed by atoms with Crippen LogP contribution in [-0.2, 0) is 0 Å². The Balaban J connectivity index is 2.27. The van der Waals surface area contributed by atoms with Crippen molar-refractivity contribution < 1.29 is 0 Å². The van der Waals surface area contributed by atoms with Crippen molar-refractivity contribution in [3.63, 3.8) is 0 Å². The Morgan fingerprint density at radius 1 is 1.05 bits per heavy atom. The van der Waals surface area contributed by atoms with Crippen molar-refractivity contribution in [1.82, 2.24) is 9.97 Å². The second-order valence-electron chi connectivity index (χ2n) is 4.31. The first-order valence-corrected chi connectivity index (χ1v) is 6.81. The van der Waals surface area contributed by atoms with Gasteiger partial charge in [0.1, 0.15) is 11.6 Å². The molecule has 0 saturated heterocycles. The molecule has 2 aromatic rings. The largest absolute Gasteiger partial charge is 0.383 e. The van der Waals surface area contributed by atoms with Crippen LogP contribution in [0, 0.1) is 0 Å². The number of thioether (sulfide) groups is 1. The Labute approximate surface area is 116 Å². The topological polar surface area (TPSA) is 104 Å². The minimum Gasteiger partial charge on any atom is -0.383 e. The van der Waals surface area contributed by atoms with Crippen molar-refractivity contribution >= 4 is 23.4 Å². The number of aromatic nitrogens is 2. The van der Waals surface area contributed by atoms with E-state index in [1.807, 2.05) is 37.3 Å². The highest BCUT2D eigenvalue weighted by atomic mass is 32.2. The van der Waals surface area contributed by atoms with Crippen LogP contribution in [0.2, 0.25) is 0 Å². The number of anilines is 2. The summed E-state index contributed by atoms with van der Waals surface area (Å²) in [5.74, 6) is 0.734. The molecule has 100 valence electrons. The zero-order valence-electron chi connectivity index (χ0n) is 10.7. The van der Waals surface area contributed by atoms with Gasteiger partial charge in [-0.1, -0.05) is 42.1 Å². The summed E-state index contributed by atoms with van der Waals surface area (Å²) in [6.07, 6.45) is 0. The van der Waals surface area contributed by atoms with Gasteiger partial charge in [-0.15, -0.1) is 0 Å². The van der Waals surface area contributed by atoms with Gasteiger partial charge in [0.2, 0.25) is 0 Å². The van der Waals surface area contributed by atoms with E-state index in [2.05, 4.69) is 9.97 Å². The molecule has 0 radical (unpaired) electrons. The quantitative estimate of drug-likeness (QED) is 0.581. The number of nitrogen functional groups attached to an aromatic ring is 2. The van der Waals surface area contributed by atoms with Gasteiger partial charge in [0.25, 0.3) is 0 Å². The lowest BCUT2D eigenvalue weighted by Gasteiger charge is -2.20. The first-order valence-electron chi connectivity index (χ1n) is 5.93. The molecule has 6 heteroatoms. The van der Waals surface area contributed by atoms with Crippen molar-refractivity contribution in [3.05, 3.63) is 42.0 Å². The fourth-order valence-electron chi connectivity index (χ4n) is 1.75. The SMILES string of the molecule is CC(N)C(Sc1nc(N)cc(N)n1)c1ccccc1. The fourth-order valence-corrected chi connectivity index (χ4v) is 2.80. The van der Waals surface area contributed by atoms with Gasteiger partial charge in [-0.3, -0.25) is 0 Å². The van der Waals surface area contributed by atoms with Crippen LogP contribution in [-0.4, -0.2) is 16.0 Å². The van der Waals surface area contributed by atoms with E-state index in [4.69, 9.17) is 17.2 Å². The predicted octanol–water partition coefficient (Wildman–Crippen LogP) is 1.82. The molecule has 0 spiro atoms. The molecule has 2 unspecified atom stereocenters. The molecule has 1 aromatic heterocycles. The summed E-state index contributed by atoms with van der Waals surface area (Å²) in [6, 6.07) is 11.5. The van der Waals surface area contributed by atoms with Crippen LogP contribution in [0.15, 0.2) is 41.6 Å². The maximum atomic E-state index is 6.05. The number of nitrogens with two attached hydrogens (primary N) is 3. The molecule has 0 amide bonds. The number of rotatable bonds is 4. The lowest BCUT2D eigenvalue weighted by atomic mass is 10.1. The Kier molecular flexibility index (Phi) is 4.24. The third kappa shape index (κ3) is 3.59.